The zero-order valence-electron chi connectivity index (χ0n) is 11.6. The van der Waals surface area contributed by atoms with Crippen LogP contribution in [0.2, 0.25) is 0 Å². The minimum atomic E-state index is 0.0809. The molecular weight excluding hydrogens is 220 g/mol. The van der Waals surface area contributed by atoms with Crippen molar-refractivity contribution in [2.45, 2.75) is 45.2 Å². The van der Waals surface area contributed by atoms with Gasteiger partial charge in [-0.1, -0.05) is 37.3 Å². The maximum Gasteiger partial charge on any atom is 0.0785 e. The fourth-order valence-electron chi connectivity index (χ4n) is 2.71. The summed E-state index contributed by atoms with van der Waals surface area (Å²) in [7, 11) is 0. The van der Waals surface area contributed by atoms with Crippen molar-refractivity contribution < 1.29 is 0 Å². The Morgan fingerprint density at radius 1 is 1.39 bits per heavy atom. The second-order valence-corrected chi connectivity index (χ2v) is 4.81. The smallest absolute Gasteiger partial charge is 0.0785 e. The van der Waals surface area contributed by atoms with Gasteiger partial charge in [-0.25, -0.2) is 0 Å². The highest BCUT2D eigenvalue weighted by Crippen LogP contribution is 2.34. The molecule has 3 unspecified atom stereocenters. The average Bonchev–Trinajstić information content (AvgIpc) is 2.50. The van der Waals surface area contributed by atoms with Gasteiger partial charge in [0.25, 0.3) is 0 Å². The Balaban J connectivity index is 3.01. The van der Waals surface area contributed by atoms with Gasteiger partial charge < -0.3 is 0 Å². The monoisotopic (exact) mass is 244 g/mol. The Kier molecular flexibility index (Phi) is 5.76. The fourth-order valence-corrected chi connectivity index (χ4v) is 2.71. The topological polar surface area (TPSA) is 24.7 Å². The molecule has 18 heavy (non-hydrogen) atoms. The standard InChI is InChI=1S/C16H24N2/c1-6-9-12(3)14-10-8-11-15(18-7-2)13(4)16(14)17-5/h6-7,9,14-16H,1,4-5,8,10-11H2,2-3H3/b12-9+,18-7+. The molecule has 0 aromatic rings. The number of aliphatic imine (C=N–C) groups is 2. The molecule has 1 saturated carbocycles. The Labute approximate surface area is 111 Å². The van der Waals surface area contributed by atoms with Crippen molar-refractivity contribution in [3.05, 3.63) is 36.5 Å². The van der Waals surface area contributed by atoms with Gasteiger partial charge >= 0.3 is 0 Å². The Morgan fingerprint density at radius 3 is 2.67 bits per heavy atom. The van der Waals surface area contributed by atoms with Crippen molar-refractivity contribution in [3.8, 4) is 0 Å². The zero-order valence-corrected chi connectivity index (χ0v) is 11.6. The SMILES string of the molecule is C=C/C=C(\C)C1CCCC(/N=C/C)C(=C)C1N=C. The molecule has 3 atom stereocenters. The van der Waals surface area contributed by atoms with Crippen LogP contribution in [0.25, 0.3) is 0 Å². The van der Waals surface area contributed by atoms with Gasteiger partial charge in [0, 0.05) is 5.92 Å². The first-order valence-electron chi connectivity index (χ1n) is 6.57. The summed E-state index contributed by atoms with van der Waals surface area (Å²) < 4.78 is 0. The minimum absolute atomic E-state index is 0.0809. The average molecular weight is 244 g/mol. The van der Waals surface area contributed by atoms with E-state index in [0.717, 1.165) is 24.8 Å². The summed E-state index contributed by atoms with van der Waals surface area (Å²) in [6.45, 7) is 15.8. The second-order valence-electron chi connectivity index (χ2n) is 4.81. The molecule has 0 N–H and O–H groups in total. The Bertz CT molecular complexity index is 377. The fraction of sp³-hybridized carbons (Fsp3) is 0.500. The maximum absolute atomic E-state index is 4.51. The lowest BCUT2D eigenvalue weighted by molar-refractivity contribution is 0.502. The molecule has 0 aromatic heterocycles. The van der Waals surface area contributed by atoms with Crippen molar-refractivity contribution in [1.82, 2.24) is 0 Å². The molecule has 0 heterocycles. The van der Waals surface area contributed by atoms with Crippen LogP contribution in [0.1, 0.15) is 33.1 Å². The van der Waals surface area contributed by atoms with Crippen LogP contribution < -0.4 is 0 Å². The van der Waals surface area contributed by atoms with Crippen molar-refractivity contribution >= 4 is 12.9 Å². The van der Waals surface area contributed by atoms with Crippen molar-refractivity contribution in [2.24, 2.45) is 15.9 Å². The summed E-state index contributed by atoms with van der Waals surface area (Å²) >= 11 is 0. The Hall–Kier alpha value is -1.44. The molecule has 2 nitrogen and oxygen atoms in total. The van der Waals surface area contributed by atoms with Crippen LogP contribution in [0.5, 0.6) is 0 Å². The lowest BCUT2D eigenvalue weighted by Gasteiger charge is -2.25. The van der Waals surface area contributed by atoms with Gasteiger partial charge in [0.15, 0.2) is 0 Å². The molecule has 0 amide bonds. The molecule has 0 aromatic carbocycles. The molecule has 1 aliphatic carbocycles. The van der Waals surface area contributed by atoms with Crippen LogP contribution in [0.15, 0.2) is 46.4 Å². The van der Waals surface area contributed by atoms with Crippen LogP contribution in [-0.2, 0) is 0 Å². The minimum Gasteiger partial charge on any atom is -0.293 e. The van der Waals surface area contributed by atoms with Crippen LogP contribution in [-0.4, -0.2) is 25.0 Å². The van der Waals surface area contributed by atoms with Gasteiger partial charge in [-0.15, -0.1) is 0 Å². The van der Waals surface area contributed by atoms with Gasteiger partial charge in [0.1, 0.15) is 0 Å². The van der Waals surface area contributed by atoms with E-state index in [-0.39, 0.29) is 12.1 Å². The van der Waals surface area contributed by atoms with Gasteiger partial charge in [-0.05, 0) is 45.2 Å². The first-order chi connectivity index (χ1) is 8.65. The number of allylic oxidation sites excluding steroid dienone is 2. The summed E-state index contributed by atoms with van der Waals surface area (Å²) in [6.07, 6.45) is 9.11. The van der Waals surface area contributed by atoms with E-state index in [0.29, 0.717) is 5.92 Å². The predicted octanol–water partition coefficient (Wildman–Crippen LogP) is 4.00. The van der Waals surface area contributed by atoms with E-state index in [1.807, 2.05) is 19.2 Å². The molecule has 1 fully saturated rings. The molecule has 0 bridgehead atoms. The summed E-state index contributed by atoms with van der Waals surface area (Å²) in [5, 5.41) is 0. The largest absolute Gasteiger partial charge is 0.293 e. The number of hydrogen-bond acceptors (Lipinski definition) is 2. The normalized spacial score (nSPS) is 30.2. The summed E-state index contributed by atoms with van der Waals surface area (Å²) in [5.74, 6) is 0.394. The molecule has 2 heteroatoms. The third-order valence-electron chi connectivity index (χ3n) is 3.67. The van der Waals surface area contributed by atoms with E-state index in [9.17, 15) is 0 Å². The summed E-state index contributed by atoms with van der Waals surface area (Å²) in [5.41, 5.74) is 2.41. The van der Waals surface area contributed by atoms with Crippen molar-refractivity contribution in [3.63, 3.8) is 0 Å². The second kappa shape index (κ2) is 7.10. The maximum atomic E-state index is 4.51. The molecule has 0 spiro atoms. The lowest BCUT2D eigenvalue weighted by atomic mass is 9.86. The quantitative estimate of drug-likeness (QED) is 0.309. The van der Waals surface area contributed by atoms with Crippen LogP contribution in [0, 0.1) is 5.92 Å². The highest BCUT2D eigenvalue weighted by Gasteiger charge is 2.31. The molecule has 1 rings (SSSR count). The Morgan fingerprint density at radius 2 is 2.11 bits per heavy atom. The molecule has 98 valence electrons. The van der Waals surface area contributed by atoms with Crippen molar-refractivity contribution in [1.29, 1.82) is 0 Å². The number of nitrogens with zero attached hydrogens (tertiary/aromatic N) is 2. The van der Waals surface area contributed by atoms with Gasteiger partial charge in [-0.2, -0.15) is 0 Å². The molecule has 0 radical (unpaired) electrons. The lowest BCUT2D eigenvalue weighted by Crippen LogP contribution is -2.24. The highest BCUT2D eigenvalue weighted by molar-refractivity contribution is 5.54. The molecule has 1 aliphatic rings. The van der Waals surface area contributed by atoms with E-state index in [2.05, 4.69) is 42.9 Å². The third kappa shape index (κ3) is 3.28. The predicted molar refractivity (Wildman–Crippen MR) is 81.7 cm³/mol. The van der Waals surface area contributed by atoms with Crippen molar-refractivity contribution in [2.75, 3.05) is 0 Å². The third-order valence-corrected chi connectivity index (χ3v) is 3.67. The van der Waals surface area contributed by atoms with Crippen LogP contribution in [0.3, 0.4) is 0 Å². The van der Waals surface area contributed by atoms with Crippen LogP contribution in [0.4, 0.5) is 0 Å². The molecule has 0 aliphatic heterocycles. The number of hydrogen-bond donors (Lipinski definition) is 0. The first kappa shape index (κ1) is 14.6. The van der Waals surface area contributed by atoms with E-state index in [1.54, 1.807) is 0 Å². The van der Waals surface area contributed by atoms with E-state index in [1.165, 1.54) is 5.57 Å². The van der Waals surface area contributed by atoms with E-state index >= 15 is 0 Å². The van der Waals surface area contributed by atoms with Gasteiger partial charge in [-0.3, -0.25) is 9.98 Å². The zero-order chi connectivity index (χ0) is 13.5. The van der Waals surface area contributed by atoms with Crippen LogP contribution >= 0.6 is 0 Å². The molecular formula is C16H24N2. The summed E-state index contributed by atoms with van der Waals surface area (Å²) in [6, 6.07) is 0.282. The summed E-state index contributed by atoms with van der Waals surface area (Å²) in [4.78, 5) is 8.82. The van der Waals surface area contributed by atoms with E-state index in [4.69, 9.17) is 0 Å². The van der Waals surface area contributed by atoms with Gasteiger partial charge in [0.05, 0.1) is 12.1 Å². The highest BCUT2D eigenvalue weighted by atomic mass is 14.8. The molecule has 0 saturated heterocycles. The van der Waals surface area contributed by atoms with Gasteiger partial charge in [0.2, 0.25) is 0 Å². The first-order valence-corrected chi connectivity index (χ1v) is 6.57. The van der Waals surface area contributed by atoms with E-state index < -0.39 is 0 Å². The number of rotatable bonds is 4.